The van der Waals surface area contributed by atoms with Crippen LogP contribution in [0.1, 0.15) is 34.8 Å². The summed E-state index contributed by atoms with van der Waals surface area (Å²) in [5.41, 5.74) is 4.42. The van der Waals surface area contributed by atoms with Crippen molar-refractivity contribution in [2.75, 3.05) is 0 Å². The van der Waals surface area contributed by atoms with Gasteiger partial charge in [-0.3, -0.25) is 14.3 Å². The van der Waals surface area contributed by atoms with Gasteiger partial charge in [-0.1, -0.05) is 30.0 Å². The number of benzene rings is 1. The Hall–Kier alpha value is -2.73. The molecule has 1 aliphatic carbocycles. The average molecular weight is 391 g/mol. The molecule has 0 bridgehead atoms. The number of Topliss-reactive ketones (excluding diaryl/α,β-unsaturated/α-hetero) is 1. The van der Waals surface area contributed by atoms with Gasteiger partial charge in [-0.2, -0.15) is 0 Å². The van der Waals surface area contributed by atoms with Gasteiger partial charge < -0.3 is 0 Å². The maximum Gasteiger partial charge on any atom is 0.192 e. The number of carbonyl (C=O) groups excluding carboxylic acids is 1. The fourth-order valence-electron chi connectivity index (χ4n) is 3.56. The van der Waals surface area contributed by atoms with E-state index >= 15 is 0 Å². The van der Waals surface area contributed by atoms with Crippen LogP contribution < -0.4 is 0 Å². The second-order valence-electron chi connectivity index (χ2n) is 6.90. The Morgan fingerprint density at radius 3 is 2.79 bits per heavy atom. The smallest absolute Gasteiger partial charge is 0.192 e. The summed E-state index contributed by atoms with van der Waals surface area (Å²) >= 11 is 1.44. The number of hydrogen-bond acceptors (Lipinski definition) is 5. The van der Waals surface area contributed by atoms with Crippen molar-refractivity contribution in [3.63, 3.8) is 0 Å². The van der Waals surface area contributed by atoms with Crippen molar-refractivity contribution >= 4 is 17.5 Å². The third-order valence-electron chi connectivity index (χ3n) is 5.00. The van der Waals surface area contributed by atoms with E-state index in [4.69, 9.17) is 0 Å². The van der Waals surface area contributed by atoms with E-state index in [0.717, 1.165) is 29.8 Å². The number of allylic oxidation sites excluding steroid dienone is 1. The molecule has 0 saturated heterocycles. The molecule has 5 nitrogen and oxygen atoms in total. The fourth-order valence-corrected chi connectivity index (χ4v) is 4.49. The number of thioether (sulfide) groups is 1. The lowest BCUT2D eigenvalue weighted by molar-refractivity contribution is 0.0993. The molecule has 28 heavy (non-hydrogen) atoms. The normalized spacial score (nSPS) is 13.9. The van der Waals surface area contributed by atoms with Gasteiger partial charge >= 0.3 is 0 Å². The number of nitrogens with zero attached hydrogens (tertiary/aromatic N) is 4. The van der Waals surface area contributed by atoms with Crippen LogP contribution in [-0.2, 0) is 19.4 Å². The Morgan fingerprint density at radius 2 is 2.00 bits per heavy atom. The summed E-state index contributed by atoms with van der Waals surface area (Å²) in [5, 5.41) is 9.15. The molecule has 142 valence electrons. The van der Waals surface area contributed by atoms with Gasteiger partial charge in [0.05, 0.1) is 5.25 Å². The molecule has 0 saturated carbocycles. The van der Waals surface area contributed by atoms with Crippen molar-refractivity contribution < 1.29 is 4.79 Å². The maximum atomic E-state index is 13.0. The molecule has 2 aromatic heterocycles. The third-order valence-corrected chi connectivity index (χ3v) is 6.08. The minimum Gasteiger partial charge on any atom is -0.298 e. The third kappa shape index (κ3) is 3.64. The second kappa shape index (κ2) is 8.10. The molecule has 0 fully saturated rings. The first-order valence-electron chi connectivity index (χ1n) is 9.44. The highest BCUT2D eigenvalue weighted by molar-refractivity contribution is 8.00. The van der Waals surface area contributed by atoms with Crippen molar-refractivity contribution in [2.24, 2.45) is 0 Å². The van der Waals surface area contributed by atoms with E-state index in [-0.39, 0.29) is 11.0 Å². The minimum absolute atomic E-state index is 0.123. The second-order valence-corrected chi connectivity index (χ2v) is 8.21. The zero-order valence-corrected chi connectivity index (χ0v) is 16.7. The van der Waals surface area contributed by atoms with Crippen LogP contribution in [0.4, 0.5) is 0 Å². The molecule has 0 N–H and O–H groups in total. The molecule has 1 aliphatic rings. The average Bonchev–Trinajstić information content (AvgIpc) is 3.35. The van der Waals surface area contributed by atoms with Crippen LogP contribution in [0, 0.1) is 0 Å². The van der Waals surface area contributed by atoms with Gasteiger partial charge in [0.1, 0.15) is 0 Å². The molecule has 1 atom stereocenters. The summed E-state index contributed by atoms with van der Waals surface area (Å²) in [6, 6.07) is 9.93. The Labute approximate surface area is 168 Å². The van der Waals surface area contributed by atoms with E-state index in [9.17, 15) is 4.79 Å². The summed E-state index contributed by atoms with van der Waals surface area (Å²) < 4.78 is 1.99. The first-order valence-corrected chi connectivity index (χ1v) is 10.3. The Bertz CT molecular complexity index is 1010. The molecule has 0 aliphatic heterocycles. The minimum atomic E-state index is -0.252. The molecule has 1 aromatic carbocycles. The fraction of sp³-hybridized carbons (Fsp3) is 0.273. The summed E-state index contributed by atoms with van der Waals surface area (Å²) in [6.07, 6.45) is 8.65. The van der Waals surface area contributed by atoms with Crippen molar-refractivity contribution in [1.29, 1.82) is 0 Å². The van der Waals surface area contributed by atoms with Crippen LogP contribution in [0.2, 0.25) is 0 Å². The van der Waals surface area contributed by atoms with Gasteiger partial charge in [0.15, 0.2) is 16.8 Å². The standard InChI is InChI=1S/C22H22N4OS/c1-3-13-26-21(17-9-11-23-12-10-17)24-25-22(26)28-15(2)20(27)19-8-7-16-5-4-6-18(16)14-19/h3,7-12,14-15H,1,4-6,13H2,2H3. The van der Waals surface area contributed by atoms with Crippen LogP contribution in [0.3, 0.4) is 0 Å². The van der Waals surface area contributed by atoms with Crippen LogP contribution in [-0.4, -0.2) is 30.8 Å². The van der Waals surface area contributed by atoms with E-state index < -0.39 is 0 Å². The van der Waals surface area contributed by atoms with Crippen molar-refractivity contribution in [3.8, 4) is 11.4 Å². The highest BCUT2D eigenvalue weighted by Crippen LogP contribution is 2.29. The quantitative estimate of drug-likeness (QED) is 0.340. The molecule has 0 amide bonds. The number of rotatable bonds is 7. The molecule has 0 radical (unpaired) electrons. The Morgan fingerprint density at radius 1 is 1.21 bits per heavy atom. The van der Waals surface area contributed by atoms with E-state index in [1.54, 1.807) is 12.4 Å². The Kier molecular flexibility index (Phi) is 5.39. The molecular formula is C22H22N4OS. The van der Waals surface area contributed by atoms with E-state index in [1.807, 2.05) is 35.8 Å². The van der Waals surface area contributed by atoms with E-state index in [2.05, 4.69) is 33.9 Å². The number of ketones is 1. The largest absolute Gasteiger partial charge is 0.298 e. The topological polar surface area (TPSA) is 60.7 Å². The number of aromatic nitrogens is 4. The van der Waals surface area contributed by atoms with Gasteiger partial charge in [-0.05, 0) is 55.5 Å². The molecule has 6 heteroatoms. The number of aryl methyl sites for hydroxylation is 2. The SMILES string of the molecule is C=CCn1c(SC(C)C(=O)c2ccc3c(c2)CCC3)nnc1-c1ccncc1. The zero-order chi connectivity index (χ0) is 19.5. The van der Waals surface area contributed by atoms with Crippen LogP contribution >= 0.6 is 11.8 Å². The molecule has 0 spiro atoms. The van der Waals surface area contributed by atoms with E-state index in [1.165, 1.54) is 29.3 Å². The summed E-state index contributed by atoms with van der Waals surface area (Å²) in [7, 11) is 0. The number of carbonyl (C=O) groups is 1. The van der Waals surface area contributed by atoms with Gasteiger partial charge in [-0.15, -0.1) is 16.8 Å². The van der Waals surface area contributed by atoms with Gasteiger partial charge in [0, 0.05) is 30.1 Å². The molecule has 1 unspecified atom stereocenters. The molecule has 4 rings (SSSR count). The molecule has 2 heterocycles. The first kappa shape index (κ1) is 18.6. The van der Waals surface area contributed by atoms with Crippen molar-refractivity contribution in [1.82, 2.24) is 19.7 Å². The monoisotopic (exact) mass is 390 g/mol. The van der Waals surface area contributed by atoms with Crippen LogP contribution in [0.5, 0.6) is 0 Å². The lowest BCUT2D eigenvalue weighted by Crippen LogP contribution is -2.15. The predicted molar refractivity (Wildman–Crippen MR) is 112 cm³/mol. The lowest BCUT2D eigenvalue weighted by atomic mass is 10.0. The lowest BCUT2D eigenvalue weighted by Gasteiger charge is -2.12. The molecule has 3 aromatic rings. The summed E-state index contributed by atoms with van der Waals surface area (Å²) in [6.45, 7) is 6.35. The molecular weight excluding hydrogens is 368 g/mol. The zero-order valence-electron chi connectivity index (χ0n) is 15.8. The van der Waals surface area contributed by atoms with Crippen molar-refractivity contribution in [2.45, 2.75) is 43.1 Å². The number of hydrogen-bond donors (Lipinski definition) is 0. The van der Waals surface area contributed by atoms with Crippen LogP contribution in [0.25, 0.3) is 11.4 Å². The highest BCUT2D eigenvalue weighted by Gasteiger charge is 2.23. The first-order chi connectivity index (χ1) is 13.7. The van der Waals surface area contributed by atoms with Gasteiger partial charge in [0.25, 0.3) is 0 Å². The highest BCUT2D eigenvalue weighted by atomic mass is 32.2. The van der Waals surface area contributed by atoms with E-state index in [0.29, 0.717) is 11.7 Å². The maximum absolute atomic E-state index is 13.0. The van der Waals surface area contributed by atoms with Gasteiger partial charge in [0.2, 0.25) is 0 Å². The summed E-state index contributed by atoms with van der Waals surface area (Å²) in [4.78, 5) is 17.0. The predicted octanol–water partition coefficient (Wildman–Crippen LogP) is 4.38. The van der Waals surface area contributed by atoms with Crippen LogP contribution in [0.15, 0.2) is 60.5 Å². The number of pyridine rings is 1. The van der Waals surface area contributed by atoms with Crippen molar-refractivity contribution in [3.05, 3.63) is 72.1 Å². The summed E-state index contributed by atoms with van der Waals surface area (Å²) in [5.74, 6) is 0.875. The Balaban J connectivity index is 1.57. The van der Waals surface area contributed by atoms with Gasteiger partial charge in [-0.25, -0.2) is 0 Å². The number of fused-ring (bicyclic) bond motifs is 1.